The van der Waals surface area contributed by atoms with Gasteiger partial charge in [-0.3, -0.25) is 0 Å². The number of rotatable bonds is 1. The number of aromatic amines is 1. The van der Waals surface area contributed by atoms with E-state index in [2.05, 4.69) is 102 Å². The van der Waals surface area contributed by atoms with Crippen LogP contribution in [0.5, 0.6) is 0 Å². The molecular weight excluding hydrogens is 412 g/mol. The summed E-state index contributed by atoms with van der Waals surface area (Å²) in [6.45, 7) is 4.70. The molecule has 32 heavy (non-hydrogen) atoms. The Hall–Kier alpha value is -3.49. The van der Waals surface area contributed by atoms with E-state index in [0.717, 1.165) is 21.4 Å². The van der Waals surface area contributed by atoms with Crippen molar-refractivity contribution in [3.8, 4) is 16.9 Å². The number of H-pyrrole nitrogens is 1. The van der Waals surface area contributed by atoms with Crippen LogP contribution >= 0.6 is 11.6 Å². The number of hydrogen-bond donors (Lipinski definition) is 1. The summed E-state index contributed by atoms with van der Waals surface area (Å²) in [6, 6.07) is 30.2. The molecule has 0 unspecified atom stereocenters. The summed E-state index contributed by atoms with van der Waals surface area (Å²) < 4.78 is 2.47. The maximum Gasteiger partial charge on any atom is 0.0638 e. The summed E-state index contributed by atoms with van der Waals surface area (Å²) in [5, 5.41) is 4.45. The van der Waals surface area contributed by atoms with Crippen LogP contribution in [0, 0.1) is 0 Å². The zero-order valence-corrected chi connectivity index (χ0v) is 18.7. The number of para-hydroxylation sites is 1. The van der Waals surface area contributed by atoms with Crippen molar-refractivity contribution in [2.24, 2.45) is 0 Å². The van der Waals surface area contributed by atoms with Crippen LogP contribution in [0.25, 0.3) is 49.7 Å². The minimum Gasteiger partial charge on any atom is -0.354 e. The molecular formula is C29H21ClN2. The predicted molar refractivity (Wildman–Crippen MR) is 135 cm³/mol. The molecule has 2 aromatic heterocycles. The average Bonchev–Trinajstić information content (AvgIpc) is 3.41. The van der Waals surface area contributed by atoms with Crippen LogP contribution in [-0.4, -0.2) is 9.55 Å². The van der Waals surface area contributed by atoms with Crippen molar-refractivity contribution < 1.29 is 0 Å². The van der Waals surface area contributed by atoms with E-state index in [1.807, 2.05) is 6.07 Å². The predicted octanol–water partition coefficient (Wildman–Crippen LogP) is 8.22. The first-order chi connectivity index (χ1) is 15.6. The van der Waals surface area contributed by atoms with Crippen LogP contribution in [-0.2, 0) is 5.41 Å². The second-order valence-electron chi connectivity index (χ2n) is 9.26. The topological polar surface area (TPSA) is 20.7 Å². The van der Waals surface area contributed by atoms with E-state index < -0.39 is 0 Å². The summed E-state index contributed by atoms with van der Waals surface area (Å²) in [5.74, 6) is 0. The Balaban J connectivity index is 1.78. The molecule has 0 radical (unpaired) electrons. The van der Waals surface area contributed by atoms with Crippen molar-refractivity contribution in [3.63, 3.8) is 0 Å². The SMILES string of the molecule is CC1(C)c2ccccc2-c2c1c1ccc3[nH]c4ccc(Cl)cc4c3c1n2-c1ccccc1. The lowest BCUT2D eigenvalue weighted by Gasteiger charge is -2.21. The molecule has 0 bridgehead atoms. The van der Waals surface area contributed by atoms with Crippen LogP contribution in [0.3, 0.4) is 0 Å². The molecule has 0 aliphatic heterocycles. The quantitative estimate of drug-likeness (QED) is 0.270. The van der Waals surface area contributed by atoms with Gasteiger partial charge in [-0.05, 0) is 47.5 Å². The molecule has 4 aromatic carbocycles. The minimum atomic E-state index is -0.0817. The standard InChI is InChI=1S/C29H21ClN2/c1-29(2)22-11-7-6-10-19(22)28-26(29)20-13-15-24-25(21-16-17(30)12-14-23(21)31-24)27(20)32(28)18-8-4-3-5-9-18/h3-16,31H,1-2H3. The van der Waals surface area contributed by atoms with Crippen molar-refractivity contribution in [1.82, 2.24) is 9.55 Å². The van der Waals surface area contributed by atoms with Gasteiger partial charge in [0.1, 0.15) is 0 Å². The highest BCUT2D eigenvalue weighted by Crippen LogP contribution is 2.54. The summed E-state index contributed by atoms with van der Waals surface area (Å²) in [4.78, 5) is 3.61. The molecule has 0 spiro atoms. The molecule has 154 valence electrons. The highest BCUT2D eigenvalue weighted by Gasteiger charge is 2.40. The first-order valence-corrected chi connectivity index (χ1v) is 11.4. The third-order valence-corrected chi connectivity index (χ3v) is 7.38. The number of aromatic nitrogens is 2. The maximum atomic E-state index is 6.45. The first kappa shape index (κ1) is 18.1. The highest BCUT2D eigenvalue weighted by molar-refractivity contribution is 6.32. The van der Waals surface area contributed by atoms with Crippen LogP contribution in [0.15, 0.2) is 84.9 Å². The fraction of sp³-hybridized carbons (Fsp3) is 0.103. The zero-order valence-electron chi connectivity index (χ0n) is 17.9. The lowest BCUT2D eigenvalue weighted by Crippen LogP contribution is -2.14. The second kappa shape index (κ2) is 6.05. The Morgan fingerprint density at radius 3 is 2.38 bits per heavy atom. The van der Waals surface area contributed by atoms with Crippen molar-refractivity contribution in [1.29, 1.82) is 0 Å². The van der Waals surface area contributed by atoms with Gasteiger partial charge in [-0.15, -0.1) is 0 Å². The van der Waals surface area contributed by atoms with Gasteiger partial charge in [-0.2, -0.15) is 0 Å². The zero-order chi connectivity index (χ0) is 21.6. The molecule has 2 heterocycles. The number of nitrogens with one attached hydrogen (secondary N) is 1. The van der Waals surface area contributed by atoms with Crippen molar-refractivity contribution >= 4 is 44.3 Å². The molecule has 0 saturated carbocycles. The van der Waals surface area contributed by atoms with Gasteiger partial charge in [0.05, 0.1) is 11.2 Å². The van der Waals surface area contributed by atoms with Crippen LogP contribution < -0.4 is 0 Å². The summed E-state index contributed by atoms with van der Waals surface area (Å²) in [7, 11) is 0. The Labute approximate surface area is 191 Å². The van der Waals surface area contributed by atoms with Gasteiger partial charge in [0.15, 0.2) is 0 Å². The van der Waals surface area contributed by atoms with Gasteiger partial charge in [0.25, 0.3) is 0 Å². The molecule has 6 aromatic rings. The van der Waals surface area contributed by atoms with E-state index in [1.54, 1.807) is 0 Å². The van der Waals surface area contributed by atoms with Crippen LogP contribution in [0.1, 0.15) is 25.0 Å². The summed E-state index contributed by atoms with van der Waals surface area (Å²) in [5.41, 5.74) is 9.99. The Morgan fingerprint density at radius 1 is 0.781 bits per heavy atom. The number of halogens is 1. The minimum absolute atomic E-state index is 0.0817. The van der Waals surface area contributed by atoms with Crippen LogP contribution in [0.4, 0.5) is 0 Å². The van der Waals surface area contributed by atoms with Crippen LogP contribution in [0.2, 0.25) is 5.02 Å². The Morgan fingerprint density at radius 2 is 1.53 bits per heavy atom. The Bertz CT molecular complexity index is 1700. The summed E-state index contributed by atoms with van der Waals surface area (Å²) >= 11 is 6.45. The number of hydrogen-bond acceptors (Lipinski definition) is 0. The number of benzene rings is 4. The normalized spacial score (nSPS) is 14.3. The third kappa shape index (κ3) is 2.15. The number of fused-ring (bicyclic) bond motifs is 9. The van der Waals surface area contributed by atoms with E-state index >= 15 is 0 Å². The van der Waals surface area contributed by atoms with E-state index in [9.17, 15) is 0 Å². The van der Waals surface area contributed by atoms with E-state index in [0.29, 0.717) is 0 Å². The fourth-order valence-electron chi connectivity index (χ4n) is 5.82. The molecule has 0 fully saturated rings. The molecule has 1 N–H and O–H groups in total. The van der Waals surface area contributed by atoms with E-state index in [-0.39, 0.29) is 5.41 Å². The molecule has 0 atom stereocenters. The van der Waals surface area contributed by atoms with E-state index in [1.165, 1.54) is 44.4 Å². The lowest BCUT2D eigenvalue weighted by atomic mass is 9.81. The smallest absolute Gasteiger partial charge is 0.0638 e. The molecule has 0 saturated heterocycles. The van der Waals surface area contributed by atoms with Crippen molar-refractivity contribution in [2.75, 3.05) is 0 Å². The van der Waals surface area contributed by atoms with E-state index in [4.69, 9.17) is 11.6 Å². The number of nitrogens with zero attached hydrogens (tertiary/aromatic N) is 1. The molecule has 1 aliphatic rings. The van der Waals surface area contributed by atoms with Gasteiger partial charge in [0, 0.05) is 48.9 Å². The molecule has 2 nitrogen and oxygen atoms in total. The van der Waals surface area contributed by atoms with Gasteiger partial charge < -0.3 is 9.55 Å². The monoisotopic (exact) mass is 432 g/mol. The maximum absolute atomic E-state index is 6.45. The van der Waals surface area contributed by atoms with Crippen molar-refractivity contribution in [3.05, 3.63) is 101 Å². The van der Waals surface area contributed by atoms with Gasteiger partial charge >= 0.3 is 0 Å². The summed E-state index contributed by atoms with van der Waals surface area (Å²) in [6.07, 6.45) is 0. The lowest BCUT2D eigenvalue weighted by molar-refractivity contribution is 0.666. The van der Waals surface area contributed by atoms with Gasteiger partial charge in [0.2, 0.25) is 0 Å². The van der Waals surface area contributed by atoms with Gasteiger partial charge in [-0.25, -0.2) is 0 Å². The first-order valence-electron chi connectivity index (χ1n) is 11.0. The highest BCUT2D eigenvalue weighted by atomic mass is 35.5. The Kier molecular flexibility index (Phi) is 3.43. The largest absolute Gasteiger partial charge is 0.354 e. The molecule has 3 heteroatoms. The molecule has 0 amide bonds. The average molecular weight is 433 g/mol. The van der Waals surface area contributed by atoms with Gasteiger partial charge in [-0.1, -0.05) is 74.0 Å². The molecule has 7 rings (SSSR count). The third-order valence-electron chi connectivity index (χ3n) is 7.15. The fourth-order valence-corrected chi connectivity index (χ4v) is 5.99. The second-order valence-corrected chi connectivity index (χ2v) is 9.70. The molecule has 1 aliphatic carbocycles. The van der Waals surface area contributed by atoms with Crippen molar-refractivity contribution in [2.45, 2.75) is 19.3 Å².